The Balaban J connectivity index is 1.88. The summed E-state index contributed by atoms with van der Waals surface area (Å²) in [4.78, 5) is 26.8. The van der Waals surface area contributed by atoms with Gasteiger partial charge in [0.2, 0.25) is 0 Å². The van der Waals surface area contributed by atoms with Crippen molar-refractivity contribution in [2.45, 2.75) is 44.7 Å². The summed E-state index contributed by atoms with van der Waals surface area (Å²) in [7, 11) is 3.15. The number of nitrogens with one attached hydrogen (secondary N) is 1. The Morgan fingerprint density at radius 2 is 2.04 bits per heavy atom. The van der Waals surface area contributed by atoms with E-state index in [9.17, 15) is 9.59 Å². The van der Waals surface area contributed by atoms with Crippen LogP contribution in [0.1, 0.15) is 38.2 Å². The Kier molecular flexibility index (Phi) is 4.39. The SMILES string of the molecule is COc1ccc(OC)c(CN2C(=O)N[C@@]3(CCCC[C@@H]3C)C2=O)c1. The predicted molar refractivity (Wildman–Crippen MR) is 89.0 cm³/mol. The topological polar surface area (TPSA) is 67.9 Å². The number of carbonyl (C=O) groups excluding carboxylic acids is 2. The van der Waals surface area contributed by atoms with E-state index in [1.807, 2.05) is 6.92 Å². The fourth-order valence-corrected chi connectivity index (χ4v) is 3.81. The van der Waals surface area contributed by atoms with E-state index >= 15 is 0 Å². The van der Waals surface area contributed by atoms with Crippen LogP contribution in [0.15, 0.2) is 18.2 Å². The highest BCUT2D eigenvalue weighted by atomic mass is 16.5. The smallest absolute Gasteiger partial charge is 0.325 e. The largest absolute Gasteiger partial charge is 0.497 e. The van der Waals surface area contributed by atoms with Crippen LogP contribution < -0.4 is 14.8 Å². The molecular formula is C18H24N2O4. The molecule has 1 aromatic carbocycles. The molecule has 0 bridgehead atoms. The third kappa shape index (κ3) is 2.60. The molecule has 0 radical (unpaired) electrons. The second kappa shape index (κ2) is 6.34. The minimum atomic E-state index is -0.735. The van der Waals surface area contributed by atoms with E-state index < -0.39 is 5.54 Å². The number of nitrogens with zero attached hydrogens (tertiary/aromatic N) is 1. The Labute approximate surface area is 142 Å². The van der Waals surface area contributed by atoms with Crippen molar-refractivity contribution in [1.29, 1.82) is 0 Å². The lowest BCUT2D eigenvalue weighted by atomic mass is 9.73. The molecule has 1 aromatic rings. The molecule has 1 aliphatic carbocycles. The first-order valence-corrected chi connectivity index (χ1v) is 8.37. The third-order valence-electron chi connectivity index (χ3n) is 5.32. The first-order chi connectivity index (χ1) is 11.5. The Morgan fingerprint density at radius 3 is 2.71 bits per heavy atom. The normalized spacial score (nSPS) is 26.6. The molecule has 2 atom stereocenters. The summed E-state index contributed by atoms with van der Waals surface area (Å²) < 4.78 is 10.6. The Hall–Kier alpha value is -2.24. The van der Waals surface area contributed by atoms with Crippen LogP contribution in [0.5, 0.6) is 11.5 Å². The summed E-state index contributed by atoms with van der Waals surface area (Å²) in [5.41, 5.74) is 0.0161. The van der Waals surface area contributed by atoms with Crippen molar-refractivity contribution in [2.24, 2.45) is 5.92 Å². The summed E-state index contributed by atoms with van der Waals surface area (Å²) in [6.07, 6.45) is 3.75. The van der Waals surface area contributed by atoms with Crippen LogP contribution in [0.4, 0.5) is 4.79 Å². The lowest BCUT2D eigenvalue weighted by Crippen LogP contribution is -2.53. The third-order valence-corrected chi connectivity index (χ3v) is 5.32. The lowest BCUT2D eigenvalue weighted by molar-refractivity contribution is -0.134. The van der Waals surface area contributed by atoms with Gasteiger partial charge in [0.25, 0.3) is 5.91 Å². The Bertz CT molecular complexity index is 660. The molecule has 2 fully saturated rings. The van der Waals surface area contributed by atoms with Crippen LogP contribution in [0.2, 0.25) is 0 Å². The van der Waals surface area contributed by atoms with E-state index in [1.54, 1.807) is 32.4 Å². The molecule has 3 rings (SSSR count). The second-order valence-electron chi connectivity index (χ2n) is 6.62. The molecule has 1 spiro atoms. The molecule has 24 heavy (non-hydrogen) atoms. The number of hydrogen-bond acceptors (Lipinski definition) is 4. The molecule has 3 amide bonds. The zero-order valence-corrected chi connectivity index (χ0v) is 14.4. The number of hydrogen-bond donors (Lipinski definition) is 1. The van der Waals surface area contributed by atoms with Gasteiger partial charge in [-0.25, -0.2) is 4.79 Å². The maximum atomic E-state index is 13.0. The number of benzene rings is 1. The number of rotatable bonds is 4. The summed E-state index contributed by atoms with van der Waals surface area (Å²) in [6.45, 7) is 2.23. The van der Waals surface area contributed by atoms with Crippen LogP contribution in [-0.2, 0) is 11.3 Å². The van der Waals surface area contributed by atoms with Gasteiger partial charge in [-0.15, -0.1) is 0 Å². The van der Waals surface area contributed by atoms with E-state index in [1.165, 1.54) is 4.90 Å². The van der Waals surface area contributed by atoms with Crippen molar-refractivity contribution in [3.8, 4) is 11.5 Å². The van der Waals surface area contributed by atoms with Gasteiger partial charge in [0, 0.05) is 5.56 Å². The molecule has 2 aliphatic rings. The van der Waals surface area contributed by atoms with Crippen LogP contribution in [0.25, 0.3) is 0 Å². The van der Waals surface area contributed by atoms with Gasteiger partial charge in [0.1, 0.15) is 17.0 Å². The predicted octanol–water partition coefficient (Wildman–Crippen LogP) is 2.70. The highest BCUT2D eigenvalue weighted by molar-refractivity contribution is 6.07. The quantitative estimate of drug-likeness (QED) is 0.861. The number of carbonyl (C=O) groups is 2. The summed E-state index contributed by atoms with van der Waals surface area (Å²) in [5.74, 6) is 1.33. The second-order valence-corrected chi connectivity index (χ2v) is 6.62. The summed E-state index contributed by atoms with van der Waals surface area (Å²) >= 11 is 0. The fourth-order valence-electron chi connectivity index (χ4n) is 3.81. The molecule has 1 heterocycles. The van der Waals surface area contributed by atoms with Crippen molar-refractivity contribution in [3.05, 3.63) is 23.8 Å². The van der Waals surface area contributed by atoms with Gasteiger partial charge in [-0.1, -0.05) is 19.8 Å². The zero-order chi connectivity index (χ0) is 17.3. The number of urea groups is 1. The van der Waals surface area contributed by atoms with Crippen LogP contribution in [-0.4, -0.2) is 36.6 Å². The average molecular weight is 332 g/mol. The van der Waals surface area contributed by atoms with Crippen molar-refractivity contribution in [3.63, 3.8) is 0 Å². The number of ether oxygens (including phenoxy) is 2. The molecule has 6 nitrogen and oxygen atoms in total. The first-order valence-electron chi connectivity index (χ1n) is 8.37. The monoisotopic (exact) mass is 332 g/mol. The van der Waals surface area contributed by atoms with E-state index in [4.69, 9.17) is 9.47 Å². The number of imide groups is 1. The Morgan fingerprint density at radius 1 is 1.25 bits per heavy atom. The van der Waals surface area contributed by atoms with Crippen LogP contribution in [0, 0.1) is 5.92 Å². The lowest BCUT2D eigenvalue weighted by Gasteiger charge is -2.36. The van der Waals surface area contributed by atoms with E-state index in [0.29, 0.717) is 17.9 Å². The number of amides is 3. The van der Waals surface area contributed by atoms with Gasteiger partial charge in [-0.2, -0.15) is 0 Å². The molecule has 1 saturated carbocycles. The highest BCUT2D eigenvalue weighted by Crippen LogP contribution is 2.39. The zero-order valence-electron chi connectivity index (χ0n) is 14.4. The summed E-state index contributed by atoms with van der Waals surface area (Å²) in [6, 6.07) is 5.05. The van der Waals surface area contributed by atoms with Gasteiger partial charge in [-0.3, -0.25) is 9.69 Å². The number of methoxy groups -OCH3 is 2. The van der Waals surface area contributed by atoms with Gasteiger partial charge in [0.05, 0.1) is 20.8 Å². The maximum Gasteiger partial charge on any atom is 0.325 e. The minimum Gasteiger partial charge on any atom is -0.497 e. The first kappa shape index (κ1) is 16.6. The standard InChI is InChI=1S/C18H24N2O4/c1-12-6-4-5-9-18(12)16(21)20(17(22)19-18)11-13-10-14(23-2)7-8-15(13)24-3/h7-8,10,12H,4-6,9,11H2,1-3H3,(H,19,22)/t12-,18+/m0/s1. The molecule has 6 heteroatoms. The summed E-state index contributed by atoms with van der Waals surface area (Å²) in [5, 5.41) is 2.97. The average Bonchev–Trinajstić information content (AvgIpc) is 2.82. The van der Waals surface area contributed by atoms with E-state index in [-0.39, 0.29) is 24.4 Å². The van der Waals surface area contributed by atoms with Crippen molar-refractivity contribution >= 4 is 11.9 Å². The van der Waals surface area contributed by atoms with Crippen LogP contribution in [0.3, 0.4) is 0 Å². The molecule has 1 N–H and O–H groups in total. The van der Waals surface area contributed by atoms with Gasteiger partial charge < -0.3 is 14.8 Å². The molecule has 1 saturated heterocycles. The minimum absolute atomic E-state index is 0.121. The van der Waals surface area contributed by atoms with Gasteiger partial charge >= 0.3 is 6.03 Å². The molecule has 130 valence electrons. The van der Waals surface area contributed by atoms with Gasteiger partial charge in [-0.05, 0) is 37.0 Å². The van der Waals surface area contributed by atoms with Crippen molar-refractivity contribution < 1.29 is 19.1 Å². The van der Waals surface area contributed by atoms with Crippen molar-refractivity contribution in [1.82, 2.24) is 10.2 Å². The molecule has 0 unspecified atom stereocenters. The fraction of sp³-hybridized carbons (Fsp3) is 0.556. The molecule has 0 aromatic heterocycles. The highest BCUT2D eigenvalue weighted by Gasteiger charge is 2.54. The maximum absolute atomic E-state index is 13.0. The van der Waals surface area contributed by atoms with Crippen LogP contribution >= 0.6 is 0 Å². The molecule has 1 aliphatic heterocycles. The van der Waals surface area contributed by atoms with Gasteiger partial charge in [0.15, 0.2) is 0 Å². The van der Waals surface area contributed by atoms with E-state index in [0.717, 1.165) is 24.8 Å². The van der Waals surface area contributed by atoms with E-state index in [2.05, 4.69) is 5.32 Å². The van der Waals surface area contributed by atoms with Crippen molar-refractivity contribution in [2.75, 3.05) is 14.2 Å². The molecular weight excluding hydrogens is 308 g/mol.